The quantitative estimate of drug-likeness (QED) is 0.771. The van der Waals surface area contributed by atoms with Gasteiger partial charge < -0.3 is 4.74 Å². The van der Waals surface area contributed by atoms with Gasteiger partial charge in [-0.1, -0.05) is 12.1 Å². The lowest BCUT2D eigenvalue weighted by atomic mass is 10.1. The molecule has 2 aromatic rings. The number of ether oxygens (including phenoxy) is 1. The van der Waals surface area contributed by atoms with Gasteiger partial charge in [-0.25, -0.2) is 17.5 Å². The molecule has 0 aliphatic heterocycles. The molecule has 23 heavy (non-hydrogen) atoms. The van der Waals surface area contributed by atoms with Crippen molar-refractivity contribution in [2.45, 2.75) is 31.1 Å². The molecule has 0 N–H and O–H groups in total. The number of aromatic nitrogens is 2. The molecule has 0 fully saturated rings. The fraction of sp³-hybridized carbons (Fsp3) is 0.400. The summed E-state index contributed by atoms with van der Waals surface area (Å²) in [6.45, 7) is 1.83. The molecule has 0 aliphatic rings. The summed E-state index contributed by atoms with van der Waals surface area (Å²) < 4.78 is 46.2. The molecule has 0 spiro atoms. The molecule has 1 unspecified atom stereocenters. The molecule has 0 amide bonds. The lowest BCUT2D eigenvalue weighted by Gasteiger charge is -2.24. The fourth-order valence-electron chi connectivity index (χ4n) is 2.28. The number of hydrogen-bond donors (Lipinski definition) is 0. The van der Waals surface area contributed by atoms with Crippen LogP contribution in [-0.2, 0) is 27.9 Å². The van der Waals surface area contributed by atoms with Crippen molar-refractivity contribution in [2.24, 2.45) is 0 Å². The van der Waals surface area contributed by atoms with Crippen LogP contribution in [0.5, 0.6) is 0 Å². The van der Waals surface area contributed by atoms with E-state index in [2.05, 4.69) is 5.10 Å². The summed E-state index contributed by atoms with van der Waals surface area (Å²) in [5.41, 5.74) is 0.741. The van der Waals surface area contributed by atoms with Crippen LogP contribution in [0.15, 0.2) is 41.6 Å². The molecule has 1 aromatic carbocycles. The molecule has 6 nitrogen and oxygen atoms in total. The van der Waals surface area contributed by atoms with E-state index in [1.54, 1.807) is 19.1 Å². The summed E-state index contributed by atoms with van der Waals surface area (Å²) in [6.07, 6.45) is 1.82. The van der Waals surface area contributed by atoms with Gasteiger partial charge in [-0.05, 0) is 37.1 Å². The standard InChI is InChI=1S/C15H20FN3O3S/c1-12(9-13-5-4-6-14(16)10-13)18(2)23(20,21)15-7-8-17-19(15)11-22-3/h4-8,10,12H,9,11H2,1-3H3. The zero-order valence-electron chi connectivity index (χ0n) is 13.3. The minimum atomic E-state index is -3.72. The van der Waals surface area contributed by atoms with Crippen LogP contribution in [0.4, 0.5) is 4.39 Å². The lowest BCUT2D eigenvalue weighted by Crippen LogP contribution is -2.37. The first-order valence-electron chi connectivity index (χ1n) is 7.09. The number of methoxy groups -OCH3 is 1. The number of sulfonamides is 1. The van der Waals surface area contributed by atoms with Crippen LogP contribution in [0.3, 0.4) is 0 Å². The van der Waals surface area contributed by atoms with Gasteiger partial charge in [0.1, 0.15) is 12.5 Å². The molecule has 1 heterocycles. The fourth-order valence-corrected chi connectivity index (χ4v) is 3.72. The van der Waals surface area contributed by atoms with Gasteiger partial charge in [0, 0.05) is 20.2 Å². The van der Waals surface area contributed by atoms with Crippen molar-refractivity contribution in [2.75, 3.05) is 14.2 Å². The van der Waals surface area contributed by atoms with Gasteiger partial charge in [-0.15, -0.1) is 0 Å². The largest absolute Gasteiger partial charge is 0.362 e. The van der Waals surface area contributed by atoms with Crippen LogP contribution < -0.4 is 0 Å². The molecular weight excluding hydrogens is 321 g/mol. The van der Waals surface area contributed by atoms with E-state index in [4.69, 9.17) is 4.74 Å². The van der Waals surface area contributed by atoms with E-state index in [1.807, 2.05) is 0 Å². The smallest absolute Gasteiger partial charge is 0.260 e. The minimum absolute atomic E-state index is 0.0493. The van der Waals surface area contributed by atoms with E-state index in [1.165, 1.54) is 47.5 Å². The Morgan fingerprint density at radius 3 is 2.78 bits per heavy atom. The van der Waals surface area contributed by atoms with Gasteiger partial charge in [0.05, 0.1) is 6.20 Å². The lowest BCUT2D eigenvalue weighted by molar-refractivity contribution is 0.112. The number of benzene rings is 1. The van der Waals surface area contributed by atoms with Gasteiger partial charge in [0.2, 0.25) is 0 Å². The first-order valence-corrected chi connectivity index (χ1v) is 8.53. The second-order valence-corrected chi connectivity index (χ2v) is 7.24. The molecule has 2 rings (SSSR count). The molecule has 1 atom stereocenters. The van der Waals surface area contributed by atoms with Gasteiger partial charge in [0.15, 0.2) is 5.03 Å². The van der Waals surface area contributed by atoms with E-state index in [0.717, 1.165) is 5.56 Å². The summed E-state index contributed by atoms with van der Waals surface area (Å²) in [6, 6.07) is 7.24. The number of rotatable bonds is 7. The minimum Gasteiger partial charge on any atom is -0.362 e. The van der Waals surface area contributed by atoms with Crippen LogP contribution in [0.1, 0.15) is 12.5 Å². The number of halogens is 1. The topological polar surface area (TPSA) is 64.4 Å². The van der Waals surface area contributed by atoms with Gasteiger partial charge in [0.25, 0.3) is 10.0 Å². The second-order valence-electron chi connectivity index (χ2n) is 5.29. The normalized spacial score (nSPS) is 13.4. The highest BCUT2D eigenvalue weighted by atomic mass is 32.2. The predicted molar refractivity (Wildman–Crippen MR) is 83.8 cm³/mol. The SMILES string of the molecule is COCn1nccc1S(=O)(=O)N(C)C(C)Cc1cccc(F)c1. The van der Waals surface area contributed by atoms with E-state index < -0.39 is 10.0 Å². The molecule has 0 saturated carbocycles. The van der Waals surface area contributed by atoms with E-state index in [0.29, 0.717) is 6.42 Å². The van der Waals surface area contributed by atoms with E-state index in [-0.39, 0.29) is 23.6 Å². The molecule has 0 saturated heterocycles. The van der Waals surface area contributed by atoms with Crippen molar-refractivity contribution in [3.05, 3.63) is 47.9 Å². The monoisotopic (exact) mass is 341 g/mol. The van der Waals surface area contributed by atoms with Crippen molar-refractivity contribution in [3.8, 4) is 0 Å². The van der Waals surface area contributed by atoms with Gasteiger partial charge in [-0.3, -0.25) is 0 Å². The number of nitrogens with zero attached hydrogens (tertiary/aromatic N) is 3. The summed E-state index contributed by atoms with van der Waals surface area (Å²) in [4.78, 5) is 0. The number of hydrogen-bond acceptors (Lipinski definition) is 4. The Morgan fingerprint density at radius 1 is 1.39 bits per heavy atom. The second kappa shape index (κ2) is 7.20. The Kier molecular flexibility index (Phi) is 5.51. The Bertz CT molecular complexity index is 761. The summed E-state index contributed by atoms with van der Waals surface area (Å²) in [7, 11) is -0.748. The average molecular weight is 341 g/mol. The summed E-state index contributed by atoms with van der Waals surface area (Å²) in [5, 5.41) is 4.01. The third kappa shape index (κ3) is 3.95. The van der Waals surface area contributed by atoms with Crippen LogP contribution in [0, 0.1) is 5.82 Å². The highest BCUT2D eigenvalue weighted by Gasteiger charge is 2.28. The third-order valence-corrected chi connectivity index (χ3v) is 5.61. The molecule has 0 bridgehead atoms. The van der Waals surface area contributed by atoms with Gasteiger partial charge >= 0.3 is 0 Å². The maximum atomic E-state index is 13.3. The van der Waals surface area contributed by atoms with Gasteiger partial charge in [-0.2, -0.15) is 9.40 Å². The van der Waals surface area contributed by atoms with Crippen LogP contribution >= 0.6 is 0 Å². The van der Waals surface area contributed by atoms with E-state index in [9.17, 15) is 12.8 Å². The van der Waals surface area contributed by atoms with Crippen molar-refractivity contribution < 1.29 is 17.5 Å². The molecule has 0 radical (unpaired) electrons. The van der Waals surface area contributed by atoms with Crippen molar-refractivity contribution in [1.29, 1.82) is 0 Å². The predicted octanol–water partition coefficient (Wildman–Crippen LogP) is 1.88. The maximum absolute atomic E-state index is 13.3. The van der Waals surface area contributed by atoms with Crippen LogP contribution in [0.25, 0.3) is 0 Å². The molecule has 1 aromatic heterocycles. The average Bonchev–Trinajstić information content (AvgIpc) is 2.96. The summed E-state index contributed by atoms with van der Waals surface area (Å²) >= 11 is 0. The first kappa shape index (κ1) is 17.6. The summed E-state index contributed by atoms with van der Waals surface area (Å²) in [5.74, 6) is -0.335. The maximum Gasteiger partial charge on any atom is 0.260 e. The molecular formula is C15H20FN3O3S. The first-order chi connectivity index (χ1) is 10.9. The van der Waals surface area contributed by atoms with Crippen LogP contribution in [-0.4, -0.2) is 42.7 Å². The van der Waals surface area contributed by atoms with Crippen LogP contribution in [0.2, 0.25) is 0 Å². The Morgan fingerprint density at radius 2 is 2.13 bits per heavy atom. The van der Waals surface area contributed by atoms with Crippen molar-refractivity contribution in [1.82, 2.24) is 14.1 Å². The molecule has 126 valence electrons. The van der Waals surface area contributed by atoms with E-state index >= 15 is 0 Å². The Balaban J connectivity index is 2.20. The zero-order valence-corrected chi connectivity index (χ0v) is 14.1. The van der Waals surface area contributed by atoms with Crippen molar-refractivity contribution in [3.63, 3.8) is 0 Å². The highest BCUT2D eigenvalue weighted by Crippen LogP contribution is 2.18. The number of likely N-dealkylation sites (N-methyl/N-ethyl adjacent to an activating group) is 1. The Labute approximate surface area is 135 Å². The molecule has 8 heteroatoms. The highest BCUT2D eigenvalue weighted by molar-refractivity contribution is 7.89. The Hall–Kier alpha value is -1.77. The van der Waals surface area contributed by atoms with Crippen molar-refractivity contribution >= 4 is 10.0 Å². The third-order valence-electron chi connectivity index (χ3n) is 3.61. The molecule has 0 aliphatic carbocycles. The zero-order chi connectivity index (χ0) is 17.0.